The summed E-state index contributed by atoms with van der Waals surface area (Å²) in [5, 5.41) is 2.49. The first-order valence-corrected chi connectivity index (χ1v) is 13.3. The first-order chi connectivity index (χ1) is 18.2. The van der Waals surface area contributed by atoms with Gasteiger partial charge in [-0.15, -0.1) is 11.3 Å². The Labute approximate surface area is 218 Å². The van der Waals surface area contributed by atoms with E-state index in [1.807, 2.05) is 41.7 Å². The molecule has 1 unspecified atom stereocenters. The summed E-state index contributed by atoms with van der Waals surface area (Å²) in [6, 6.07) is 26.0. The van der Waals surface area contributed by atoms with Gasteiger partial charge in [0.25, 0.3) is 0 Å². The van der Waals surface area contributed by atoms with Crippen molar-refractivity contribution in [2.75, 3.05) is 6.61 Å². The number of halogens is 1. The van der Waals surface area contributed by atoms with E-state index in [1.165, 1.54) is 25.7 Å². The van der Waals surface area contributed by atoms with Gasteiger partial charge in [-0.3, -0.25) is 0 Å². The molecule has 0 N–H and O–H groups in total. The van der Waals surface area contributed by atoms with Crippen LogP contribution in [0.2, 0.25) is 0 Å². The quantitative estimate of drug-likeness (QED) is 0.237. The van der Waals surface area contributed by atoms with Crippen molar-refractivity contribution in [1.82, 2.24) is 0 Å². The molecular formula is C34H21FOS. The van der Waals surface area contributed by atoms with E-state index >= 15 is 4.39 Å². The summed E-state index contributed by atoms with van der Waals surface area (Å²) in [7, 11) is 0. The minimum absolute atomic E-state index is 0.204. The van der Waals surface area contributed by atoms with Gasteiger partial charge in [-0.25, -0.2) is 4.39 Å². The lowest BCUT2D eigenvalue weighted by atomic mass is 9.69. The first-order valence-electron chi connectivity index (χ1n) is 12.5. The van der Waals surface area contributed by atoms with Gasteiger partial charge in [-0.1, -0.05) is 91.0 Å². The van der Waals surface area contributed by atoms with Crippen LogP contribution < -0.4 is 4.74 Å². The van der Waals surface area contributed by atoms with E-state index in [4.69, 9.17) is 4.74 Å². The number of rotatable bonds is 2. The maximum atomic E-state index is 15.5. The van der Waals surface area contributed by atoms with Crippen molar-refractivity contribution in [1.29, 1.82) is 0 Å². The molecule has 0 saturated carbocycles. The average molecular weight is 497 g/mol. The predicted octanol–water partition coefficient (Wildman–Crippen LogP) is 8.94. The monoisotopic (exact) mass is 496 g/mol. The van der Waals surface area contributed by atoms with Gasteiger partial charge in [-0.2, -0.15) is 0 Å². The highest BCUT2D eigenvalue weighted by atomic mass is 32.1. The van der Waals surface area contributed by atoms with Gasteiger partial charge >= 0.3 is 0 Å². The van der Waals surface area contributed by atoms with Gasteiger partial charge in [-0.05, 0) is 41.0 Å². The Hall–Kier alpha value is -4.21. The van der Waals surface area contributed by atoms with Crippen molar-refractivity contribution in [2.45, 2.75) is 5.41 Å². The molecule has 37 heavy (non-hydrogen) atoms. The van der Waals surface area contributed by atoms with Crippen molar-refractivity contribution >= 4 is 49.2 Å². The second-order valence-corrected chi connectivity index (χ2v) is 10.8. The number of allylic oxidation sites excluding steroid dienone is 5. The van der Waals surface area contributed by atoms with Crippen molar-refractivity contribution in [3.8, 4) is 5.75 Å². The summed E-state index contributed by atoms with van der Waals surface area (Å²) in [5.74, 6) is 0.741. The van der Waals surface area contributed by atoms with Crippen molar-refractivity contribution in [2.24, 2.45) is 0 Å². The van der Waals surface area contributed by atoms with Crippen LogP contribution in [0.4, 0.5) is 4.39 Å². The van der Waals surface area contributed by atoms with E-state index in [2.05, 4.69) is 72.9 Å². The molecule has 1 aliphatic heterocycles. The lowest BCUT2D eigenvalue weighted by Gasteiger charge is -2.33. The number of ether oxygens (including phenoxy) is 1. The Balaban J connectivity index is 1.49. The maximum absolute atomic E-state index is 15.5. The van der Waals surface area contributed by atoms with Gasteiger partial charge in [0.1, 0.15) is 18.2 Å². The molecule has 176 valence electrons. The average Bonchev–Trinajstić information content (AvgIpc) is 3.52. The van der Waals surface area contributed by atoms with E-state index in [1.54, 1.807) is 12.1 Å². The third-order valence-corrected chi connectivity index (χ3v) is 9.00. The number of fused-ring (bicyclic) bond motifs is 10. The molecule has 4 aromatic carbocycles. The van der Waals surface area contributed by atoms with Gasteiger partial charge in [0, 0.05) is 42.4 Å². The Morgan fingerprint density at radius 2 is 1.65 bits per heavy atom. The summed E-state index contributed by atoms with van der Waals surface area (Å²) < 4.78 is 24.3. The second kappa shape index (κ2) is 7.64. The van der Waals surface area contributed by atoms with Gasteiger partial charge < -0.3 is 4.74 Å². The van der Waals surface area contributed by atoms with E-state index in [0.717, 1.165) is 33.6 Å². The van der Waals surface area contributed by atoms with Crippen molar-refractivity contribution in [3.63, 3.8) is 0 Å². The smallest absolute Gasteiger partial charge is 0.135 e. The van der Waals surface area contributed by atoms with Crippen LogP contribution in [0, 0.1) is 5.82 Å². The number of hydrogen-bond acceptors (Lipinski definition) is 2. The standard InChI is InChI=1S/C34H21FOS/c35-28-14-6-5-13-27(28)34(22-9-2-1-3-10-22)17-16-21-19-25-31(26(21)20-34)33-30(24-12-8-18-36-32(24)25)23-11-4-7-15-29(23)37-33/h1-17,19-20H,18H2. The van der Waals surface area contributed by atoms with Crippen LogP contribution in [-0.4, -0.2) is 6.61 Å². The Morgan fingerprint density at radius 3 is 2.54 bits per heavy atom. The van der Waals surface area contributed by atoms with Crippen LogP contribution in [0.15, 0.2) is 109 Å². The Kier molecular flexibility index (Phi) is 4.32. The Bertz CT molecular complexity index is 1890. The maximum Gasteiger partial charge on any atom is 0.135 e. The van der Waals surface area contributed by atoms with Gasteiger partial charge in [0.15, 0.2) is 0 Å². The van der Waals surface area contributed by atoms with E-state index < -0.39 is 5.41 Å². The fraction of sp³-hybridized carbons (Fsp3) is 0.0588. The molecule has 1 aromatic heterocycles. The molecule has 3 heteroatoms. The summed E-state index contributed by atoms with van der Waals surface area (Å²) in [6.45, 7) is 0.564. The fourth-order valence-electron chi connectivity index (χ4n) is 6.18. The topological polar surface area (TPSA) is 9.23 Å². The summed E-state index contributed by atoms with van der Waals surface area (Å²) in [6.07, 6.45) is 13.1. The molecule has 0 fully saturated rings. The zero-order valence-electron chi connectivity index (χ0n) is 19.9. The number of thiophene rings is 1. The van der Waals surface area contributed by atoms with Crippen LogP contribution in [0.3, 0.4) is 0 Å². The SMILES string of the molecule is Fc1ccccc1C1(c2ccccc2)C=CC2=Cc3c4c(c5c(sc6ccccc65)c3C2=C1)C=CCO4. The molecule has 2 heterocycles. The third kappa shape index (κ3) is 2.83. The highest BCUT2D eigenvalue weighted by Gasteiger charge is 2.38. The fourth-order valence-corrected chi connectivity index (χ4v) is 7.47. The molecule has 0 saturated heterocycles. The number of benzene rings is 4. The highest BCUT2D eigenvalue weighted by molar-refractivity contribution is 7.26. The van der Waals surface area contributed by atoms with Crippen LogP contribution in [0.5, 0.6) is 5.75 Å². The Morgan fingerprint density at radius 1 is 0.838 bits per heavy atom. The molecule has 0 bridgehead atoms. The van der Waals surface area contributed by atoms with Crippen LogP contribution >= 0.6 is 11.3 Å². The normalized spacial score (nSPS) is 19.3. The van der Waals surface area contributed by atoms with Gasteiger partial charge in [0.2, 0.25) is 0 Å². The largest absolute Gasteiger partial charge is 0.488 e. The predicted molar refractivity (Wildman–Crippen MR) is 153 cm³/mol. The molecular weight excluding hydrogens is 475 g/mol. The van der Waals surface area contributed by atoms with E-state index in [-0.39, 0.29) is 5.82 Å². The van der Waals surface area contributed by atoms with Gasteiger partial charge in [0.05, 0.1) is 5.41 Å². The lowest BCUT2D eigenvalue weighted by Crippen LogP contribution is -2.26. The van der Waals surface area contributed by atoms with Crippen LogP contribution in [-0.2, 0) is 5.41 Å². The molecule has 2 aliphatic carbocycles. The minimum Gasteiger partial charge on any atom is -0.488 e. The molecule has 0 radical (unpaired) electrons. The summed E-state index contributed by atoms with van der Waals surface area (Å²) >= 11 is 1.83. The van der Waals surface area contributed by atoms with Crippen molar-refractivity contribution < 1.29 is 9.13 Å². The zero-order chi connectivity index (χ0) is 24.6. The van der Waals surface area contributed by atoms with E-state index in [9.17, 15) is 0 Å². The minimum atomic E-state index is -0.722. The summed E-state index contributed by atoms with van der Waals surface area (Å²) in [4.78, 5) is 0. The van der Waals surface area contributed by atoms with Crippen LogP contribution in [0.1, 0.15) is 27.8 Å². The van der Waals surface area contributed by atoms with Crippen LogP contribution in [0.25, 0.3) is 37.9 Å². The highest BCUT2D eigenvalue weighted by Crippen LogP contribution is 2.55. The van der Waals surface area contributed by atoms with Crippen molar-refractivity contribution in [3.05, 3.63) is 142 Å². The lowest BCUT2D eigenvalue weighted by molar-refractivity contribution is 0.358. The molecule has 3 aliphatic rings. The second-order valence-electron chi connectivity index (χ2n) is 9.75. The molecule has 8 rings (SSSR count). The molecule has 1 atom stereocenters. The van der Waals surface area contributed by atoms with E-state index in [0.29, 0.717) is 12.2 Å². The molecule has 1 nitrogen and oxygen atoms in total. The number of hydrogen-bond donors (Lipinski definition) is 0. The summed E-state index contributed by atoms with van der Waals surface area (Å²) in [5.41, 5.74) is 6.73. The third-order valence-electron chi connectivity index (χ3n) is 7.81. The molecule has 5 aromatic rings. The first kappa shape index (κ1) is 20.9. The zero-order valence-corrected chi connectivity index (χ0v) is 20.7. The molecule has 0 spiro atoms. The molecule has 0 amide bonds.